The molecule has 86 valence electrons. The Morgan fingerprint density at radius 1 is 1.31 bits per heavy atom. The van der Waals surface area contributed by atoms with Crippen LogP contribution < -0.4 is 5.73 Å². The minimum absolute atomic E-state index is 0.122. The van der Waals surface area contributed by atoms with Crippen molar-refractivity contribution >= 4 is 5.97 Å². The molecule has 1 aliphatic carbocycles. The van der Waals surface area contributed by atoms with Crippen molar-refractivity contribution in [2.24, 2.45) is 5.73 Å². The van der Waals surface area contributed by atoms with Crippen LogP contribution in [0.2, 0.25) is 0 Å². The molecule has 2 rings (SSSR count). The van der Waals surface area contributed by atoms with Crippen molar-refractivity contribution in [2.45, 2.75) is 37.6 Å². The molecule has 0 radical (unpaired) electrons. The third-order valence-corrected chi connectivity index (χ3v) is 3.37. The Labute approximate surface area is 95.3 Å². The van der Waals surface area contributed by atoms with E-state index in [4.69, 9.17) is 10.8 Å². The molecule has 0 saturated heterocycles. The van der Waals surface area contributed by atoms with Crippen LogP contribution in [0.4, 0.5) is 0 Å². The second kappa shape index (κ2) is 4.66. The van der Waals surface area contributed by atoms with Gasteiger partial charge in [0.1, 0.15) is 0 Å². The van der Waals surface area contributed by atoms with Crippen LogP contribution in [0.3, 0.4) is 0 Å². The fraction of sp³-hybridized carbons (Fsp3) is 0.462. The van der Waals surface area contributed by atoms with E-state index in [-0.39, 0.29) is 12.5 Å². The molecule has 0 heterocycles. The molecule has 3 N–H and O–H groups in total. The van der Waals surface area contributed by atoms with Crippen molar-refractivity contribution in [1.82, 2.24) is 0 Å². The lowest BCUT2D eigenvalue weighted by Gasteiger charge is -2.29. The number of rotatable bonds is 3. The van der Waals surface area contributed by atoms with Gasteiger partial charge in [0.2, 0.25) is 0 Å². The van der Waals surface area contributed by atoms with Gasteiger partial charge in [0.05, 0.1) is 0 Å². The van der Waals surface area contributed by atoms with Crippen LogP contribution in [-0.2, 0) is 4.79 Å². The highest BCUT2D eigenvalue weighted by Gasteiger charge is 2.24. The fourth-order valence-electron chi connectivity index (χ4n) is 2.51. The number of carboxylic acids is 1. The first-order valence-electron chi connectivity index (χ1n) is 5.74. The number of carbonyl (C=O) groups is 1. The second-order valence-electron chi connectivity index (χ2n) is 4.44. The van der Waals surface area contributed by atoms with Crippen molar-refractivity contribution in [3.05, 3.63) is 35.4 Å². The highest BCUT2D eigenvalue weighted by atomic mass is 16.4. The van der Waals surface area contributed by atoms with Crippen molar-refractivity contribution in [3.63, 3.8) is 0 Å². The van der Waals surface area contributed by atoms with Crippen LogP contribution in [0.25, 0.3) is 0 Å². The Hall–Kier alpha value is -1.35. The molecule has 1 aromatic rings. The summed E-state index contributed by atoms with van der Waals surface area (Å²) in [4.78, 5) is 10.6. The van der Waals surface area contributed by atoms with Crippen molar-refractivity contribution in [1.29, 1.82) is 0 Å². The molecule has 0 aliphatic heterocycles. The van der Waals surface area contributed by atoms with Gasteiger partial charge in [0, 0.05) is 12.5 Å². The highest BCUT2D eigenvalue weighted by Crippen LogP contribution is 2.38. The molecule has 0 saturated carbocycles. The van der Waals surface area contributed by atoms with E-state index in [1.807, 2.05) is 12.1 Å². The normalized spacial score (nSPS) is 23.8. The maximum Gasteiger partial charge on any atom is 0.303 e. The summed E-state index contributed by atoms with van der Waals surface area (Å²) in [5.41, 5.74) is 8.50. The van der Waals surface area contributed by atoms with E-state index in [0.29, 0.717) is 5.92 Å². The van der Waals surface area contributed by atoms with Crippen LogP contribution in [0.15, 0.2) is 24.3 Å². The number of nitrogens with two attached hydrogens (primary N) is 1. The van der Waals surface area contributed by atoms with Crippen molar-refractivity contribution in [3.8, 4) is 0 Å². The zero-order valence-corrected chi connectivity index (χ0v) is 9.23. The molecule has 1 aliphatic rings. The van der Waals surface area contributed by atoms with Crippen molar-refractivity contribution < 1.29 is 9.90 Å². The number of aliphatic carboxylic acids is 1. The topological polar surface area (TPSA) is 63.3 Å². The monoisotopic (exact) mass is 219 g/mol. The Bertz CT molecular complexity index is 389. The number of benzene rings is 1. The molecular formula is C13H17NO2. The molecule has 3 heteroatoms. The number of hydrogen-bond donors (Lipinski definition) is 2. The Balaban J connectivity index is 2.18. The zero-order valence-electron chi connectivity index (χ0n) is 9.23. The molecule has 0 spiro atoms. The summed E-state index contributed by atoms with van der Waals surface area (Å²) in [5.74, 6) is -0.348. The van der Waals surface area contributed by atoms with Gasteiger partial charge in [0.15, 0.2) is 0 Å². The molecule has 3 nitrogen and oxygen atoms in total. The van der Waals surface area contributed by atoms with Gasteiger partial charge < -0.3 is 10.8 Å². The molecule has 0 fully saturated rings. The Morgan fingerprint density at radius 3 is 2.69 bits per heavy atom. The Kier molecular flexibility index (Phi) is 3.25. The molecular weight excluding hydrogens is 202 g/mol. The highest BCUT2D eigenvalue weighted by molar-refractivity contribution is 5.66. The first-order valence-corrected chi connectivity index (χ1v) is 5.74. The summed E-state index contributed by atoms with van der Waals surface area (Å²) in [6.07, 6.45) is 2.93. The van der Waals surface area contributed by atoms with Crippen LogP contribution >= 0.6 is 0 Å². The lowest BCUT2D eigenvalue weighted by atomic mass is 9.78. The lowest BCUT2D eigenvalue weighted by molar-refractivity contribution is -0.137. The largest absolute Gasteiger partial charge is 0.481 e. The number of fused-ring (bicyclic) bond motifs is 1. The van der Waals surface area contributed by atoms with Gasteiger partial charge in [-0.25, -0.2) is 0 Å². The second-order valence-corrected chi connectivity index (χ2v) is 4.44. The van der Waals surface area contributed by atoms with E-state index in [0.717, 1.165) is 19.3 Å². The average molecular weight is 219 g/mol. The van der Waals surface area contributed by atoms with Crippen molar-refractivity contribution in [2.75, 3.05) is 0 Å². The van der Waals surface area contributed by atoms with Gasteiger partial charge in [-0.2, -0.15) is 0 Å². The van der Waals surface area contributed by atoms with Gasteiger partial charge in [-0.3, -0.25) is 4.79 Å². The van der Waals surface area contributed by atoms with Gasteiger partial charge in [0.25, 0.3) is 0 Å². The maximum absolute atomic E-state index is 10.6. The summed E-state index contributed by atoms with van der Waals surface area (Å²) in [6, 6.07) is 8.27. The Morgan fingerprint density at radius 2 is 2.00 bits per heavy atom. The number of carboxylic acid groups (broad SMARTS) is 1. The number of hydrogen-bond acceptors (Lipinski definition) is 2. The van der Waals surface area contributed by atoms with E-state index in [9.17, 15) is 4.79 Å². The van der Waals surface area contributed by atoms with Crippen LogP contribution in [-0.4, -0.2) is 11.1 Å². The smallest absolute Gasteiger partial charge is 0.303 e. The molecule has 0 aromatic heterocycles. The fourth-order valence-corrected chi connectivity index (χ4v) is 2.51. The minimum Gasteiger partial charge on any atom is -0.481 e. The molecule has 0 bridgehead atoms. The molecule has 16 heavy (non-hydrogen) atoms. The van der Waals surface area contributed by atoms with Gasteiger partial charge in [-0.05, 0) is 36.3 Å². The summed E-state index contributed by atoms with van der Waals surface area (Å²) in [6.45, 7) is 0. The standard InChI is InChI=1S/C13H17NO2/c14-12-7-5-9(6-8-13(15)16)10-3-1-2-4-11(10)12/h1-4,9,12H,5-8,14H2,(H,15,16). The lowest BCUT2D eigenvalue weighted by Crippen LogP contribution is -2.20. The summed E-state index contributed by atoms with van der Waals surface area (Å²) in [7, 11) is 0. The van der Waals surface area contributed by atoms with Crippen LogP contribution in [0.5, 0.6) is 0 Å². The molecule has 2 unspecified atom stereocenters. The third kappa shape index (κ3) is 2.25. The molecule has 1 aromatic carbocycles. The average Bonchev–Trinajstić information content (AvgIpc) is 2.28. The van der Waals surface area contributed by atoms with Crippen LogP contribution in [0, 0.1) is 0 Å². The van der Waals surface area contributed by atoms with Gasteiger partial charge in [-0.15, -0.1) is 0 Å². The van der Waals surface area contributed by atoms with E-state index in [1.54, 1.807) is 0 Å². The summed E-state index contributed by atoms with van der Waals surface area (Å²) in [5, 5.41) is 8.72. The molecule has 2 atom stereocenters. The quantitative estimate of drug-likeness (QED) is 0.820. The van der Waals surface area contributed by atoms with Crippen LogP contribution in [0.1, 0.15) is 48.8 Å². The van der Waals surface area contributed by atoms with Gasteiger partial charge >= 0.3 is 5.97 Å². The SMILES string of the molecule is NC1CCC(CCC(=O)O)c2ccccc21. The molecule has 0 amide bonds. The van der Waals surface area contributed by atoms with E-state index in [1.165, 1.54) is 11.1 Å². The predicted octanol–water partition coefficient (Wildman–Crippen LogP) is 2.43. The third-order valence-electron chi connectivity index (χ3n) is 3.37. The first kappa shape index (κ1) is 11.1. The zero-order chi connectivity index (χ0) is 11.5. The minimum atomic E-state index is -0.715. The van der Waals surface area contributed by atoms with E-state index < -0.39 is 5.97 Å². The predicted molar refractivity (Wildman–Crippen MR) is 62.2 cm³/mol. The maximum atomic E-state index is 10.6. The van der Waals surface area contributed by atoms with E-state index in [2.05, 4.69) is 12.1 Å². The van der Waals surface area contributed by atoms with Gasteiger partial charge in [-0.1, -0.05) is 24.3 Å². The summed E-state index contributed by atoms with van der Waals surface area (Å²) < 4.78 is 0. The first-order chi connectivity index (χ1) is 7.68. The summed E-state index contributed by atoms with van der Waals surface area (Å²) >= 11 is 0. The van der Waals surface area contributed by atoms with E-state index >= 15 is 0 Å².